The van der Waals surface area contributed by atoms with Crippen molar-refractivity contribution in [3.05, 3.63) is 70.8 Å². The Labute approximate surface area is 142 Å². The summed E-state index contributed by atoms with van der Waals surface area (Å²) in [5.74, 6) is -0.579. The lowest BCUT2D eigenvalue weighted by Gasteiger charge is -2.13. The van der Waals surface area contributed by atoms with E-state index in [9.17, 15) is 9.59 Å². The Bertz CT molecular complexity index is 710. The number of aryl methyl sites for hydroxylation is 2. The molecule has 2 aromatic rings. The number of hydrogen-bond acceptors (Lipinski definition) is 3. The van der Waals surface area contributed by atoms with Crippen LogP contribution in [0.15, 0.2) is 48.5 Å². The zero-order valence-corrected chi connectivity index (χ0v) is 14.3. The number of nitrogens with one attached hydrogen (secondary N) is 1. The second-order valence-corrected chi connectivity index (χ2v) is 5.99. The van der Waals surface area contributed by atoms with Crippen molar-refractivity contribution in [1.82, 2.24) is 5.32 Å². The summed E-state index contributed by atoms with van der Waals surface area (Å²) in [4.78, 5) is 23.8. The minimum Gasteiger partial charge on any atom is -0.452 e. The Morgan fingerprint density at radius 1 is 1.04 bits per heavy atom. The van der Waals surface area contributed by atoms with E-state index in [1.807, 2.05) is 57.2 Å². The van der Waals surface area contributed by atoms with E-state index in [-0.39, 0.29) is 18.4 Å². The van der Waals surface area contributed by atoms with Crippen LogP contribution in [-0.4, -0.2) is 25.0 Å². The third-order valence-corrected chi connectivity index (χ3v) is 4.05. The van der Waals surface area contributed by atoms with Gasteiger partial charge in [-0.25, -0.2) is 4.79 Å². The van der Waals surface area contributed by atoms with Crippen molar-refractivity contribution in [2.24, 2.45) is 0 Å². The summed E-state index contributed by atoms with van der Waals surface area (Å²) in [6.07, 6.45) is 0. The van der Waals surface area contributed by atoms with Gasteiger partial charge in [0.05, 0.1) is 5.56 Å². The predicted molar refractivity (Wildman–Crippen MR) is 94.1 cm³/mol. The fourth-order valence-corrected chi connectivity index (χ4v) is 2.30. The van der Waals surface area contributed by atoms with E-state index in [1.54, 1.807) is 12.1 Å². The molecule has 2 aromatic carbocycles. The van der Waals surface area contributed by atoms with Crippen LogP contribution in [0, 0.1) is 13.8 Å². The molecule has 0 aromatic heterocycles. The van der Waals surface area contributed by atoms with Crippen molar-refractivity contribution in [3.63, 3.8) is 0 Å². The monoisotopic (exact) mass is 325 g/mol. The number of amides is 1. The Morgan fingerprint density at radius 2 is 1.75 bits per heavy atom. The van der Waals surface area contributed by atoms with E-state index in [4.69, 9.17) is 4.74 Å². The number of ether oxygens (including phenoxy) is 1. The molecule has 0 unspecified atom stereocenters. The fourth-order valence-electron chi connectivity index (χ4n) is 2.30. The van der Waals surface area contributed by atoms with Gasteiger partial charge in [0.2, 0.25) is 0 Å². The first-order chi connectivity index (χ1) is 11.5. The van der Waals surface area contributed by atoms with E-state index >= 15 is 0 Å². The van der Waals surface area contributed by atoms with Gasteiger partial charge in [-0.3, -0.25) is 4.79 Å². The lowest BCUT2D eigenvalue weighted by Crippen LogP contribution is -2.31. The molecule has 0 aliphatic heterocycles. The maximum atomic E-state index is 12.0. The van der Waals surface area contributed by atoms with Crippen LogP contribution in [0.3, 0.4) is 0 Å². The van der Waals surface area contributed by atoms with Crippen molar-refractivity contribution in [2.45, 2.75) is 26.7 Å². The summed E-state index contributed by atoms with van der Waals surface area (Å²) >= 11 is 0. The van der Waals surface area contributed by atoms with Crippen LogP contribution in [-0.2, 0) is 9.53 Å². The summed E-state index contributed by atoms with van der Waals surface area (Å²) in [6, 6.07) is 15.3. The fraction of sp³-hybridized carbons (Fsp3) is 0.300. The zero-order valence-electron chi connectivity index (χ0n) is 14.3. The highest BCUT2D eigenvalue weighted by Gasteiger charge is 2.12. The lowest BCUT2D eigenvalue weighted by atomic mass is 10.0. The molecule has 24 heavy (non-hydrogen) atoms. The van der Waals surface area contributed by atoms with Crippen molar-refractivity contribution >= 4 is 11.9 Å². The Morgan fingerprint density at radius 3 is 2.42 bits per heavy atom. The van der Waals surface area contributed by atoms with Crippen molar-refractivity contribution in [3.8, 4) is 0 Å². The highest BCUT2D eigenvalue weighted by Crippen LogP contribution is 2.13. The van der Waals surface area contributed by atoms with Gasteiger partial charge in [-0.15, -0.1) is 0 Å². The van der Waals surface area contributed by atoms with Gasteiger partial charge in [0.25, 0.3) is 5.91 Å². The van der Waals surface area contributed by atoms with Crippen molar-refractivity contribution in [2.75, 3.05) is 13.2 Å². The van der Waals surface area contributed by atoms with E-state index in [0.29, 0.717) is 12.1 Å². The number of carbonyl (C=O) groups is 2. The van der Waals surface area contributed by atoms with Crippen molar-refractivity contribution < 1.29 is 14.3 Å². The quantitative estimate of drug-likeness (QED) is 0.828. The summed E-state index contributed by atoms with van der Waals surface area (Å²) in [5.41, 5.74) is 3.75. The van der Waals surface area contributed by atoms with Gasteiger partial charge in [-0.2, -0.15) is 0 Å². The van der Waals surface area contributed by atoms with Gasteiger partial charge in [0.1, 0.15) is 0 Å². The number of hydrogen-bond donors (Lipinski definition) is 1. The molecule has 0 aliphatic carbocycles. The molecule has 0 radical (unpaired) electrons. The van der Waals surface area contributed by atoms with Gasteiger partial charge in [-0.1, -0.05) is 43.3 Å². The molecule has 0 aliphatic rings. The highest BCUT2D eigenvalue weighted by atomic mass is 16.5. The molecular weight excluding hydrogens is 302 g/mol. The summed E-state index contributed by atoms with van der Waals surface area (Å²) in [5, 5.41) is 2.79. The smallest absolute Gasteiger partial charge is 0.338 e. The molecule has 126 valence electrons. The van der Waals surface area contributed by atoms with Gasteiger partial charge < -0.3 is 10.1 Å². The van der Waals surface area contributed by atoms with E-state index in [0.717, 1.165) is 16.7 Å². The third kappa shape index (κ3) is 4.95. The van der Waals surface area contributed by atoms with E-state index in [1.165, 1.54) is 0 Å². The molecule has 4 heteroatoms. The second-order valence-electron chi connectivity index (χ2n) is 5.99. The van der Waals surface area contributed by atoms with Crippen LogP contribution in [0.5, 0.6) is 0 Å². The molecule has 2 rings (SSSR count). The molecule has 0 bridgehead atoms. The van der Waals surface area contributed by atoms with Crippen LogP contribution in [0.25, 0.3) is 0 Å². The van der Waals surface area contributed by atoms with Crippen LogP contribution in [0.4, 0.5) is 0 Å². The molecule has 0 fully saturated rings. The zero-order chi connectivity index (χ0) is 17.5. The molecule has 4 nitrogen and oxygen atoms in total. The standard InChI is InChI=1S/C20H23NO3/c1-14-9-10-18(11-15(14)2)20(23)24-13-19(22)21-12-16(3)17-7-5-4-6-8-17/h4-11,16H,12-13H2,1-3H3,(H,21,22)/t16-/m0/s1. The van der Waals surface area contributed by atoms with Crippen molar-refractivity contribution in [1.29, 1.82) is 0 Å². The Hall–Kier alpha value is -2.62. The van der Waals surface area contributed by atoms with E-state index < -0.39 is 5.97 Å². The maximum Gasteiger partial charge on any atom is 0.338 e. The largest absolute Gasteiger partial charge is 0.452 e. The normalized spacial score (nSPS) is 11.6. The summed E-state index contributed by atoms with van der Waals surface area (Å²) in [6.45, 7) is 6.18. The predicted octanol–water partition coefficient (Wildman–Crippen LogP) is 3.38. The summed E-state index contributed by atoms with van der Waals surface area (Å²) < 4.78 is 5.07. The van der Waals surface area contributed by atoms with Crippen LogP contribution in [0.2, 0.25) is 0 Å². The number of carbonyl (C=O) groups excluding carboxylic acids is 2. The molecule has 0 spiro atoms. The van der Waals surface area contributed by atoms with Crippen LogP contribution in [0.1, 0.15) is 39.9 Å². The Balaban J connectivity index is 1.78. The molecular formula is C20H23NO3. The van der Waals surface area contributed by atoms with E-state index in [2.05, 4.69) is 5.32 Å². The maximum absolute atomic E-state index is 12.0. The third-order valence-electron chi connectivity index (χ3n) is 4.05. The molecule has 0 saturated carbocycles. The van der Waals surface area contributed by atoms with Crippen LogP contribution < -0.4 is 5.32 Å². The number of esters is 1. The minimum absolute atomic E-state index is 0.200. The summed E-state index contributed by atoms with van der Waals surface area (Å²) in [7, 11) is 0. The number of rotatable bonds is 6. The number of benzene rings is 2. The molecule has 1 amide bonds. The first-order valence-corrected chi connectivity index (χ1v) is 8.03. The topological polar surface area (TPSA) is 55.4 Å². The van der Waals surface area contributed by atoms with Gasteiger partial charge in [0.15, 0.2) is 6.61 Å². The average Bonchev–Trinajstić information content (AvgIpc) is 2.60. The molecule has 1 N–H and O–H groups in total. The average molecular weight is 325 g/mol. The Kier molecular flexibility index (Phi) is 6.13. The first kappa shape index (κ1) is 17.7. The highest BCUT2D eigenvalue weighted by molar-refractivity contribution is 5.91. The molecule has 1 atom stereocenters. The molecule has 0 heterocycles. The first-order valence-electron chi connectivity index (χ1n) is 8.03. The van der Waals surface area contributed by atoms with Gasteiger partial charge in [-0.05, 0) is 48.6 Å². The SMILES string of the molecule is Cc1ccc(C(=O)OCC(=O)NC[C@H](C)c2ccccc2)cc1C. The van der Waals surface area contributed by atoms with Gasteiger partial charge in [0, 0.05) is 6.54 Å². The van der Waals surface area contributed by atoms with Gasteiger partial charge >= 0.3 is 5.97 Å². The second kappa shape index (κ2) is 8.29. The molecule has 0 saturated heterocycles. The minimum atomic E-state index is -0.482. The lowest BCUT2D eigenvalue weighted by molar-refractivity contribution is -0.124. The van der Waals surface area contributed by atoms with Crippen LogP contribution >= 0.6 is 0 Å².